The molecule has 69 heavy (non-hydrogen) atoms. The van der Waals surface area contributed by atoms with Gasteiger partial charge in [-0.05, 0) is 98.6 Å². The maximum Gasteiger partial charge on any atom is 0.179 e. The number of hydrogen-bond acceptors (Lipinski definition) is 1. The molecule has 0 amide bonds. The van der Waals surface area contributed by atoms with Crippen LogP contribution >= 0.6 is 0 Å². The molecule has 4 heteroatoms. The van der Waals surface area contributed by atoms with Crippen LogP contribution in [0.4, 0.5) is 0 Å². The average molecular weight is 896 g/mol. The molecule has 0 unspecified atom stereocenters. The molecule has 0 aliphatic carbocycles. The number of nitrogens with zero attached hydrogens (tertiary/aromatic N) is 3. The van der Waals surface area contributed by atoms with Crippen molar-refractivity contribution in [3.8, 4) is 45.0 Å². The van der Waals surface area contributed by atoms with Crippen molar-refractivity contribution in [3.05, 3.63) is 273 Å². The van der Waals surface area contributed by atoms with Crippen LogP contribution in [0.2, 0.25) is 0 Å². The minimum Gasteiger partial charge on any atom is -0.309 e. The molecule has 0 N–H and O–H groups in total. The highest BCUT2D eigenvalue weighted by Crippen LogP contribution is 2.39. The fourth-order valence-corrected chi connectivity index (χ4v) is 15.7. The van der Waals surface area contributed by atoms with Crippen LogP contribution in [-0.2, 0) is 0 Å². The Labute approximate surface area is 402 Å². The van der Waals surface area contributed by atoms with Gasteiger partial charge < -0.3 is 9.13 Å². The molecule has 0 atom stereocenters. The first kappa shape index (κ1) is 40.4. The summed E-state index contributed by atoms with van der Waals surface area (Å²) < 4.78 is 4.85. The Morgan fingerprint density at radius 3 is 1.33 bits per heavy atom. The molecule has 0 radical (unpaired) electrons. The number of fused-ring (bicyclic) bond motifs is 6. The Morgan fingerprint density at radius 2 is 0.696 bits per heavy atom. The van der Waals surface area contributed by atoms with Gasteiger partial charge in [0.05, 0.1) is 33.5 Å². The number of aromatic nitrogens is 3. The van der Waals surface area contributed by atoms with Crippen LogP contribution in [0.25, 0.3) is 88.6 Å². The van der Waals surface area contributed by atoms with E-state index in [1.807, 2.05) is 6.07 Å². The summed E-state index contributed by atoms with van der Waals surface area (Å²) in [5, 5.41) is 10.4. The van der Waals surface area contributed by atoms with Crippen molar-refractivity contribution in [2.75, 3.05) is 0 Å². The van der Waals surface area contributed by atoms with Crippen LogP contribution in [0, 0.1) is 0 Å². The first-order chi connectivity index (χ1) is 34.2. The van der Waals surface area contributed by atoms with Crippen LogP contribution < -0.4 is 20.7 Å². The predicted octanol–water partition coefficient (Wildman–Crippen LogP) is 13.7. The quantitative estimate of drug-likeness (QED) is 0.105. The molecule has 10 aromatic carbocycles. The zero-order chi connectivity index (χ0) is 45.7. The van der Waals surface area contributed by atoms with Crippen LogP contribution in [0.1, 0.15) is 0 Å². The lowest BCUT2D eigenvalue weighted by atomic mass is 10.0. The predicted molar refractivity (Wildman–Crippen MR) is 293 cm³/mol. The Hall–Kier alpha value is -8.83. The van der Waals surface area contributed by atoms with E-state index in [0.717, 1.165) is 33.9 Å². The van der Waals surface area contributed by atoms with Gasteiger partial charge in [0.15, 0.2) is 8.07 Å². The van der Waals surface area contributed by atoms with E-state index in [9.17, 15) is 0 Å². The Kier molecular flexibility index (Phi) is 9.85. The van der Waals surface area contributed by atoms with Gasteiger partial charge in [0.1, 0.15) is 0 Å². The van der Waals surface area contributed by atoms with Crippen molar-refractivity contribution in [1.82, 2.24) is 14.1 Å². The van der Waals surface area contributed by atoms with Gasteiger partial charge in [0.25, 0.3) is 0 Å². The number of para-hydroxylation sites is 2. The van der Waals surface area contributed by atoms with Gasteiger partial charge in [-0.3, -0.25) is 0 Å². The summed E-state index contributed by atoms with van der Waals surface area (Å²) in [5.41, 5.74) is 13.4. The standard InChI is InChI=1S/C65H45N3Si/c1-5-19-46(20-6-1)60-31-18-32-61(66-60)49-21-17-22-51(43-49)68-63-34-16-14-30-57(63)59-44-47(36-42-64(59)68)48-35-41-58-56-29-13-15-33-62(56)67(65(58)45-48)50-37-39-55(40-38-50)69(52-23-7-2-8-24-52,53-25-9-3-10-26-53)54-27-11-4-12-28-54/h1-45H. The minimum absolute atomic E-state index is 0.950. The molecular formula is C65H45N3Si. The summed E-state index contributed by atoms with van der Waals surface area (Å²) in [6, 6.07) is 99.9. The largest absolute Gasteiger partial charge is 0.309 e. The van der Waals surface area contributed by atoms with Gasteiger partial charge in [-0.2, -0.15) is 0 Å². The van der Waals surface area contributed by atoms with Crippen molar-refractivity contribution < 1.29 is 0 Å². The molecule has 0 fully saturated rings. The fourth-order valence-electron chi connectivity index (χ4n) is 11.0. The summed E-state index contributed by atoms with van der Waals surface area (Å²) in [5.74, 6) is 0. The highest BCUT2D eigenvalue weighted by Gasteiger charge is 2.41. The first-order valence-electron chi connectivity index (χ1n) is 23.7. The fraction of sp³-hybridized carbons (Fsp3) is 0. The molecular weight excluding hydrogens is 851 g/mol. The average Bonchev–Trinajstić information content (AvgIpc) is 3.95. The maximum absolute atomic E-state index is 5.10. The summed E-state index contributed by atoms with van der Waals surface area (Å²) in [4.78, 5) is 5.10. The van der Waals surface area contributed by atoms with Crippen molar-refractivity contribution in [1.29, 1.82) is 0 Å². The lowest BCUT2D eigenvalue weighted by molar-refractivity contribution is 1.18. The number of rotatable bonds is 9. The monoisotopic (exact) mass is 895 g/mol. The van der Waals surface area contributed by atoms with E-state index in [-0.39, 0.29) is 0 Å². The van der Waals surface area contributed by atoms with Crippen LogP contribution in [0.5, 0.6) is 0 Å². The molecule has 0 spiro atoms. The zero-order valence-electron chi connectivity index (χ0n) is 37.8. The molecule has 0 saturated carbocycles. The molecule has 13 aromatic rings. The molecule has 3 aromatic heterocycles. The summed E-state index contributed by atoms with van der Waals surface area (Å²) in [6.07, 6.45) is 0. The SMILES string of the molecule is c1ccc(-c2cccc(-c3cccc(-n4c5ccccc5c5cc(-c6ccc7c8ccccc8n(-c8ccc([Si](c9ccccc9)(c9ccccc9)c9ccccc9)cc8)c7c6)ccc54)c3)n2)cc1. The van der Waals surface area contributed by atoms with E-state index in [0.29, 0.717) is 0 Å². The van der Waals surface area contributed by atoms with E-state index in [1.54, 1.807) is 0 Å². The van der Waals surface area contributed by atoms with Crippen molar-refractivity contribution in [2.45, 2.75) is 0 Å². The van der Waals surface area contributed by atoms with E-state index in [2.05, 4.69) is 276 Å². The number of pyridine rings is 1. The van der Waals surface area contributed by atoms with Gasteiger partial charge in [-0.1, -0.05) is 206 Å². The second-order valence-corrected chi connectivity index (χ2v) is 21.7. The molecule has 0 aliphatic heterocycles. The van der Waals surface area contributed by atoms with E-state index < -0.39 is 8.07 Å². The van der Waals surface area contributed by atoms with Crippen LogP contribution in [0.15, 0.2) is 273 Å². The van der Waals surface area contributed by atoms with Crippen LogP contribution in [-0.4, -0.2) is 22.2 Å². The third kappa shape index (κ3) is 6.76. The van der Waals surface area contributed by atoms with E-state index in [1.165, 1.54) is 75.5 Å². The topological polar surface area (TPSA) is 22.8 Å². The summed E-state index contributed by atoms with van der Waals surface area (Å²) in [7, 11) is -2.68. The van der Waals surface area contributed by atoms with Crippen molar-refractivity contribution in [2.24, 2.45) is 0 Å². The van der Waals surface area contributed by atoms with Gasteiger partial charge >= 0.3 is 0 Å². The second-order valence-electron chi connectivity index (χ2n) is 17.9. The molecule has 324 valence electrons. The first-order valence-corrected chi connectivity index (χ1v) is 25.7. The normalized spacial score (nSPS) is 11.8. The molecule has 0 aliphatic rings. The van der Waals surface area contributed by atoms with E-state index in [4.69, 9.17) is 4.98 Å². The lowest BCUT2D eigenvalue weighted by Gasteiger charge is -2.34. The highest BCUT2D eigenvalue weighted by atomic mass is 28.3. The van der Waals surface area contributed by atoms with Crippen LogP contribution in [0.3, 0.4) is 0 Å². The molecule has 3 nitrogen and oxygen atoms in total. The van der Waals surface area contributed by atoms with Gasteiger partial charge in [0, 0.05) is 44.0 Å². The van der Waals surface area contributed by atoms with Crippen molar-refractivity contribution in [3.63, 3.8) is 0 Å². The van der Waals surface area contributed by atoms with Gasteiger partial charge in [-0.15, -0.1) is 0 Å². The molecule has 0 saturated heterocycles. The van der Waals surface area contributed by atoms with Gasteiger partial charge in [0.2, 0.25) is 0 Å². The Morgan fingerprint density at radius 1 is 0.246 bits per heavy atom. The molecule has 13 rings (SSSR count). The molecule has 3 heterocycles. The Balaban J connectivity index is 0.927. The minimum atomic E-state index is -2.68. The smallest absolute Gasteiger partial charge is 0.179 e. The maximum atomic E-state index is 5.10. The highest BCUT2D eigenvalue weighted by molar-refractivity contribution is 7.19. The third-order valence-electron chi connectivity index (χ3n) is 14.1. The third-order valence-corrected chi connectivity index (χ3v) is 18.9. The van der Waals surface area contributed by atoms with E-state index >= 15 is 0 Å². The zero-order valence-corrected chi connectivity index (χ0v) is 38.8. The number of hydrogen-bond donors (Lipinski definition) is 0. The Bertz CT molecular complexity index is 3890. The lowest BCUT2D eigenvalue weighted by Crippen LogP contribution is -2.74. The second kappa shape index (κ2) is 16.8. The summed E-state index contributed by atoms with van der Waals surface area (Å²) >= 11 is 0. The molecule has 0 bridgehead atoms. The van der Waals surface area contributed by atoms with Crippen molar-refractivity contribution >= 4 is 72.4 Å². The van der Waals surface area contributed by atoms with Gasteiger partial charge in [-0.25, -0.2) is 4.98 Å². The number of benzene rings is 10. The summed E-state index contributed by atoms with van der Waals surface area (Å²) in [6.45, 7) is 0.